The third-order valence-electron chi connectivity index (χ3n) is 1.59. The second-order valence-electron chi connectivity index (χ2n) is 2.40. The van der Waals surface area contributed by atoms with E-state index in [1.54, 1.807) is 0 Å². The molecule has 1 aliphatic carbocycles. The van der Waals surface area contributed by atoms with Crippen molar-refractivity contribution in [2.45, 2.75) is 0 Å². The molecule has 0 aromatic heterocycles. The zero-order valence-electron chi connectivity index (χ0n) is 6.11. The molecule has 0 aromatic carbocycles. The zero-order chi connectivity index (χ0) is 9.19. The Bertz CT molecular complexity index is 285. The van der Waals surface area contributed by atoms with E-state index in [9.17, 15) is 14.4 Å². The van der Waals surface area contributed by atoms with Crippen molar-refractivity contribution in [1.82, 2.24) is 0 Å². The van der Waals surface area contributed by atoms with Crippen LogP contribution in [0.15, 0.2) is 18.2 Å². The molecule has 0 fully saturated rings. The van der Waals surface area contributed by atoms with Crippen molar-refractivity contribution in [3.8, 4) is 0 Å². The molecule has 4 nitrogen and oxygen atoms in total. The molecule has 1 atom stereocenters. The van der Waals surface area contributed by atoms with Gasteiger partial charge >= 0.3 is 0 Å². The Balaban J connectivity index is 3.07. The Labute approximate surface area is 68.7 Å². The van der Waals surface area contributed by atoms with Gasteiger partial charge in [0.15, 0.2) is 5.78 Å². The summed E-state index contributed by atoms with van der Waals surface area (Å²) in [7, 11) is 0. The number of ketones is 1. The number of rotatable bonds is 2. The van der Waals surface area contributed by atoms with Crippen molar-refractivity contribution in [3.63, 3.8) is 0 Å². The Morgan fingerprint density at radius 3 is 2.67 bits per heavy atom. The normalized spacial score (nSPS) is 19.2. The summed E-state index contributed by atoms with van der Waals surface area (Å²) in [5.41, 5.74) is 3.48. The summed E-state index contributed by atoms with van der Waals surface area (Å²) in [6.45, 7) is 0. The maximum Gasteiger partial charge on any atom is 0.238 e. The third kappa shape index (κ3) is 1.18. The SMILES string of the molecule is NC(=O)C1(C=O)C=[C]C(=O)C=C1. The van der Waals surface area contributed by atoms with Crippen molar-refractivity contribution in [3.05, 3.63) is 24.3 Å². The molecule has 1 aliphatic rings. The maximum absolute atomic E-state index is 10.8. The minimum atomic E-state index is -1.48. The molecule has 1 amide bonds. The predicted octanol–water partition coefficient (Wildman–Crippen LogP) is -0.845. The van der Waals surface area contributed by atoms with Crippen molar-refractivity contribution in [2.75, 3.05) is 0 Å². The first-order valence-corrected chi connectivity index (χ1v) is 3.21. The van der Waals surface area contributed by atoms with Crippen LogP contribution in [0.3, 0.4) is 0 Å². The summed E-state index contributed by atoms with van der Waals surface area (Å²) in [5, 5.41) is 0. The Morgan fingerprint density at radius 2 is 2.33 bits per heavy atom. The van der Waals surface area contributed by atoms with E-state index in [-0.39, 0.29) is 5.78 Å². The fraction of sp³-hybridized carbons (Fsp3) is 0.125. The van der Waals surface area contributed by atoms with E-state index < -0.39 is 11.3 Å². The molecule has 1 radical (unpaired) electrons. The lowest BCUT2D eigenvalue weighted by atomic mass is 9.85. The van der Waals surface area contributed by atoms with Gasteiger partial charge in [-0.15, -0.1) is 0 Å². The molecule has 12 heavy (non-hydrogen) atoms. The fourth-order valence-electron chi connectivity index (χ4n) is 0.785. The summed E-state index contributed by atoms with van der Waals surface area (Å²) in [6.07, 6.45) is 5.94. The van der Waals surface area contributed by atoms with Crippen LogP contribution in [0.2, 0.25) is 0 Å². The average molecular weight is 164 g/mol. The number of nitrogens with two attached hydrogens (primary N) is 1. The fourth-order valence-corrected chi connectivity index (χ4v) is 0.785. The lowest BCUT2D eigenvalue weighted by Gasteiger charge is -2.16. The second kappa shape index (κ2) is 2.73. The Hall–Kier alpha value is -1.71. The Morgan fingerprint density at radius 1 is 1.67 bits per heavy atom. The van der Waals surface area contributed by atoms with E-state index in [1.165, 1.54) is 6.08 Å². The van der Waals surface area contributed by atoms with Gasteiger partial charge in [0.2, 0.25) is 5.91 Å². The van der Waals surface area contributed by atoms with Crippen molar-refractivity contribution < 1.29 is 14.4 Å². The number of hydrogen-bond donors (Lipinski definition) is 1. The van der Waals surface area contributed by atoms with Crippen molar-refractivity contribution in [1.29, 1.82) is 0 Å². The molecule has 1 rings (SSSR count). The van der Waals surface area contributed by atoms with Crippen molar-refractivity contribution >= 4 is 18.0 Å². The van der Waals surface area contributed by atoms with Gasteiger partial charge in [0, 0.05) is 6.08 Å². The molecular formula is C8H6NO3. The van der Waals surface area contributed by atoms with Gasteiger partial charge in [-0.1, -0.05) is 6.08 Å². The van der Waals surface area contributed by atoms with Crippen LogP contribution in [-0.2, 0) is 14.4 Å². The summed E-state index contributed by atoms with van der Waals surface area (Å²) in [5.74, 6) is -1.19. The first-order valence-electron chi connectivity index (χ1n) is 3.21. The molecule has 0 aliphatic heterocycles. The smallest absolute Gasteiger partial charge is 0.238 e. The number of allylic oxidation sites excluding steroid dienone is 2. The molecule has 0 saturated carbocycles. The lowest BCUT2D eigenvalue weighted by molar-refractivity contribution is -0.128. The van der Waals surface area contributed by atoms with Gasteiger partial charge in [-0.25, -0.2) is 0 Å². The quantitative estimate of drug-likeness (QED) is 0.426. The number of carbonyl (C=O) groups is 3. The van der Waals surface area contributed by atoms with E-state index in [0.717, 1.165) is 12.2 Å². The van der Waals surface area contributed by atoms with Crippen LogP contribution in [0.25, 0.3) is 0 Å². The largest absolute Gasteiger partial charge is 0.368 e. The van der Waals surface area contributed by atoms with E-state index in [2.05, 4.69) is 6.08 Å². The van der Waals surface area contributed by atoms with Crippen LogP contribution in [0.4, 0.5) is 0 Å². The van der Waals surface area contributed by atoms with Crippen LogP contribution in [-0.4, -0.2) is 18.0 Å². The standard InChI is InChI=1S/C8H6NO3/c9-7(12)8(5-10)3-1-6(11)2-4-8/h1,3-5H,(H2,9,12). The number of primary amides is 1. The van der Waals surface area contributed by atoms with E-state index >= 15 is 0 Å². The summed E-state index contributed by atoms with van der Waals surface area (Å²) >= 11 is 0. The van der Waals surface area contributed by atoms with E-state index in [0.29, 0.717) is 6.29 Å². The minimum Gasteiger partial charge on any atom is -0.368 e. The third-order valence-corrected chi connectivity index (χ3v) is 1.59. The van der Waals surface area contributed by atoms with Gasteiger partial charge < -0.3 is 10.5 Å². The molecule has 0 aromatic rings. The van der Waals surface area contributed by atoms with Crippen molar-refractivity contribution in [2.24, 2.45) is 11.1 Å². The molecule has 0 heterocycles. The minimum absolute atomic E-state index is 0.380. The summed E-state index contributed by atoms with van der Waals surface area (Å²) in [4.78, 5) is 31.9. The summed E-state index contributed by atoms with van der Waals surface area (Å²) < 4.78 is 0. The number of hydrogen-bond acceptors (Lipinski definition) is 3. The maximum atomic E-state index is 10.8. The van der Waals surface area contributed by atoms with Gasteiger partial charge in [0.1, 0.15) is 11.7 Å². The molecule has 4 heteroatoms. The Kier molecular flexibility index (Phi) is 1.91. The highest BCUT2D eigenvalue weighted by Gasteiger charge is 2.32. The predicted molar refractivity (Wildman–Crippen MR) is 39.7 cm³/mol. The number of carbonyl (C=O) groups excluding carboxylic acids is 3. The van der Waals surface area contributed by atoms with E-state index in [4.69, 9.17) is 5.73 Å². The molecule has 0 saturated heterocycles. The average Bonchev–Trinajstić information content (AvgIpc) is 2.06. The first kappa shape index (κ1) is 8.39. The zero-order valence-corrected chi connectivity index (χ0v) is 6.11. The highest BCUT2D eigenvalue weighted by molar-refractivity contribution is 6.06. The topological polar surface area (TPSA) is 77.2 Å². The van der Waals surface area contributed by atoms with Gasteiger partial charge in [-0.2, -0.15) is 0 Å². The molecule has 61 valence electrons. The number of aldehydes is 1. The highest BCUT2D eigenvalue weighted by Crippen LogP contribution is 2.20. The van der Waals surface area contributed by atoms with E-state index in [1.807, 2.05) is 0 Å². The van der Waals surface area contributed by atoms with Crippen LogP contribution in [0, 0.1) is 11.5 Å². The van der Waals surface area contributed by atoms with Crippen LogP contribution in [0.1, 0.15) is 0 Å². The van der Waals surface area contributed by atoms with Crippen LogP contribution >= 0.6 is 0 Å². The molecule has 0 spiro atoms. The van der Waals surface area contributed by atoms with Gasteiger partial charge in [-0.05, 0) is 12.2 Å². The molecular weight excluding hydrogens is 158 g/mol. The first-order chi connectivity index (χ1) is 5.60. The van der Waals surface area contributed by atoms with Gasteiger partial charge in [0.25, 0.3) is 0 Å². The molecule has 1 unspecified atom stereocenters. The lowest BCUT2D eigenvalue weighted by Crippen LogP contribution is -2.36. The van der Waals surface area contributed by atoms with Crippen LogP contribution < -0.4 is 5.73 Å². The number of amides is 1. The summed E-state index contributed by atoms with van der Waals surface area (Å²) in [6, 6.07) is 0. The second-order valence-corrected chi connectivity index (χ2v) is 2.40. The monoisotopic (exact) mass is 164 g/mol. The molecule has 2 N–H and O–H groups in total. The van der Waals surface area contributed by atoms with Gasteiger partial charge in [0.05, 0.1) is 0 Å². The van der Waals surface area contributed by atoms with Gasteiger partial charge in [-0.3, -0.25) is 9.59 Å². The van der Waals surface area contributed by atoms with Crippen LogP contribution in [0.5, 0.6) is 0 Å². The molecule has 0 bridgehead atoms. The highest BCUT2D eigenvalue weighted by atomic mass is 16.2.